The molecule has 240 valence electrons. The number of ether oxygens (including phenoxy) is 6. The number of aliphatic hydroxyl groups is 6. The van der Waals surface area contributed by atoms with Crippen molar-refractivity contribution in [3.05, 3.63) is 46.6 Å². The standard InChI is InChI=1S/C29H34O15/c1-11-19(32)20(33)22(35)28(40-11)44-27-18(10-30)43-29(23(36)21(27)34)42-17-8-14-15(31)9-16(12-4-6-13(38-2)7-5-12)41-25(14)24(37)26(17)39-3/h4-9,11,18-23,27-30,32-37H,10H2,1-3H3/t11-,18+,19-,20+,21+,22+,23+,27+,28-,29+/m0/s1. The van der Waals surface area contributed by atoms with Crippen LogP contribution in [0.3, 0.4) is 0 Å². The van der Waals surface area contributed by atoms with Gasteiger partial charge in [-0.2, -0.15) is 0 Å². The Labute approximate surface area is 249 Å². The van der Waals surface area contributed by atoms with Gasteiger partial charge < -0.3 is 68.6 Å². The Morgan fingerprint density at radius 2 is 1.52 bits per heavy atom. The first kappa shape index (κ1) is 31.9. The van der Waals surface area contributed by atoms with Crippen LogP contribution in [0.5, 0.6) is 23.0 Å². The minimum absolute atomic E-state index is 0.0976. The summed E-state index contributed by atoms with van der Waals surface area (Å²) in [6.45, 7) is 0.675. The van der Waals surface area contributed by atoms with Crippen molar-refractivity contribution >= 4 is 11.0 Å². The lowest BCUT2D eigenvalue weighted by Crippen LogP contribution is -2.64. The van der Waals surface area contributed by atoms with Crippen LogP contribution < -0.4 is 19.6 Å². The predicted octanol–water partition coefficient (Wildman–Crippen LogP) is -0.787. The first-order valence-corrected chi connectivity index (χ1v) is 13.7. The lowest BCUT2D eigenvalue weighted by atomic mass is 9.97. The molecule has 1 aromatic heterocycles. The van der Waals surface area contributed by atoms with Crippen molar-refractivity contribution in [2.45, 2.75) is 68.3 Å². The third-order valence-corrected chi connectivity index (χ3v) is 7.66. The highest BCUT2D eigenvalue weighted by molar-refractivity contribution is 5.89. The Kier molecular flexibility index (Phi) is 9.31. The van der Waals surface area contributed by atoms with Crippen molar-refractivity contribution in [2.24, 2.45) is 0 Å². The van der Waals surface area contributed by atoms with Crippen molar-refractivity contribution in [2.75, 3.05) is 20.8 Å². The maximum absolute atomic E-state index is 13.1. The van der Waals surface area contributed by atoms with Crippen LogP contribution >= 0.6 is 0 Å². The molecule has 2 saturated heterocycles. The normalized spacial score (nSPS) is 32.4. The summed E-state index contributed by atoms with van der Waals surface area (Å²) in [6, 6.07) is 9.12. The molecule has 0 radical (unpaired) electrons. The second-order valence-corrected chi connectivity index (χ2v) is 10.4. The topological polar surface area (TPSA) is 227 Å². The highest BCUT2D eigenvalue weighted by Crippen LogP contribution is 2.44. The zero-order valence-corrected chi connectivity index (χ0v) is 23.8. The van der Waals surface area contributed by atoms with Crippen LogP contribution in [0.1, 0.15) is 6.92 Å². The summed E-state index contributed by atoms with van der Waals surface area (Å²) in [7, 11) is 2.73. The molecule has 0 aliphatic carbocycles. The van der Waals surface area contributed by atoms with E-state index < -0.39 is 79.2 Å². The second-order valence-electron chi connectivity index (χ2n) is 10.4. The van der Waals surface area contributed by atoms with E-state index in [1.807, 2.05) is 0 Å². The van der Waals surface area contributed by atoms with Gasteiger partial charge in [0.15, 0.2) is 23.1 Å². The van der Waals surface area contributed by atoms with Crippen LogP contribution in [-0.4, -0.2) is 118 Å². The molecule has 2 aliphatic rings. The fourth-order valence-electron chi connectivity index (χ4n) is 5.14. The van der Waals surface area contributed by atoms with E-state index in [0.29, 0.717) is 11.3 Å². The second kappa shape index (κ2) is 12.8. The molecule has 0 bridgehead atoms. The number of phenols is 1. The number of methoxy groups -OCH3 is 2. The van der Waals surface area contributed by atoms with Crippen LogP contribution in [0.2, 0.25) is 0 Å². The number of hydrogen-bond donors (Lipinski definition) is 7. The van der Waals surface area contributed by atoms with E-state index >= 15 is 0 Å². The first-order valence-electron chi connectivity index (χ1n) is 13.7. The van der Waals surface area contributed by atoms with Gasteiger partial charge in [-0.1, -0.05) is 0 Å². The summed E-state index contributed by atoms with van der Waals surface area (Å²) >= 11 is 0. The molecule has 2 aromatic carbocycles. The molecule has 15 nitrogen and oxygen atoms in total. The molecule has 5 rings (SSSR count). The lowest BCUT2D eigenvalue weighted by Gasteiger charge is -2.45. The molecule has 44 heavy (non-hydrogen) atoms. The van der Waals surface area contributed by atoms with Gasteiger partial charge in [0.25, 0.3) is 0 Å². The van der Waals surface area contributed by atoms with Gasteiger partial charge in [0.1, 0.15) is 54.2 Å². The van der Waals surface area contributed by atoms with Crippen LogP contribution in [0.15, 0.2) is 45.6 Å². The number of hydrogen-bond acceptors (Lipinski definition) is 15. The molecule has 0 saturated carbocycles. The molecular weight excluding hydrogens is 588 g/mol. The Bertz CT molecular complexity index is 1510. The van der Waals surface area contributed by atoms with Crippen LogP contribution in [0.25, 0.3) is 22.3 Å². The summed E-state index contributed by atoms with van der Waals surface area (Å²) in [5, 5.41) is 73.0. The van der Waals surface area contributed by atoms with Crippen LogP contribution in [0.4, 0.5) is 0 Å². The van der Waals surface area contributed by atoms with Crippen molar-refractivity contribution in [3.8, 4) is 34.3 Å². The molecular formula is C29H34O15. The van der Waals surface area contributed by atoms with E-state index in [1.54, 1.807) is 24.3 Å². The van der Waals surface area contributed by atoms with Crippen LogP contribution in [-0.2, 0) is 14.2 Å². The number of aromatic hydroxyl groups is 1. The molecule has 7 N–H and O–H groups in total. The molecule has 2 fully saturated rings. The van der Waals surface area contributed by atoms with E-state index in [9.17, 15) is 40.5 Å². The van der Waals surface area contributed by atoms with Gasteiger partial charge >= 0.3 is 0 Å². The Morgan fingerprint density at radius 1 is 0.841 bits per heavy atom. The zero-order valence-electron chi connectivity index (χ0n) is 23.8. The molecule has 10 atom stereocenters. The highest BCUT2D eigenvalue weighted by atomic mass is 16.7. The Hall–Kier alpha value is -3.51. The summed E-state index contributed by atoms with van der Waals surface area (Å²) in [6.07, 6.45) is -15.4. The van der Waals surface area contributed by atoms with E-state index in [4.69, 9.17) is 32.8 Å². The SMILES string of the molecule is COc1ccc(-c2cc(=O)c3cc(O[C@@H]4O[C@H](CO)[C@@H](O[C@@H]5O[C@@H](C)[C@H](O)[C@@H](O)[C@H]5O)[C@H](O)[C@H]4O)c(OC)c(O)c3o2)cc1. The largest absolute Gasteiger partial charge is 0.502 e. The molecule has 0 spiro atoms. The van der Waals surface area contributed by atoms with Crippen molar-refractivity contribution in [1.29, 1.82) is 0 Å². The lowest BCUT2D eigenvalue weighted by molar-refractivity contribution is -0.349. The summed E-state index contributed by atoms with van der Waals surface area (Å²) in [5.74, 6) is -0.375. The molecule has 0 unspecified atom stereocenters. The smallest absolute Gasteiger partial charge is 0.229 e. The van der Waals surface area contributed by atoms with Crippen molar-refractivity contribution in [1.82, 2.24) is 0 Å². The van der Waals surface area contributed by atoms with E-state index in [-0.39, 0.29) is 28.2 Å². The monoisotopic (exact) mass is 622 g/mol. The number of fused-ring (bicyclic) bond motifs is 1. The predicted molar refractivity (Wildman–Crippen MR) is 148 cm³/mol. The third-order valence-electron chi connectivity index (χ3n) is 7.66. The first-order chi connectivity index (χ1) is 21.0. The Morgan fingerprint density at radius 3 is 2.16 bits per heavy atom. The fraction of sp³-hybridized carbons (Fsp3) is 0.483. The number of phenolic OH excluding ortho intramolecular Hbond substituents is 1. The Balaban J connectivity index is 1.41. The molecule has 15 heteroatoms. The van der Waals surface area contributed by atoms with Gasteiger partial charge in [0.2, 0.25) is 17.8 Å². The van der Waals surface area contributed by atoms with Crippen molar-refractivity contribution in [3.63, 3.8) is 0 Å². The van der Waals surface area contributed by atoms with Gasteiger partial charge in [-0.15, -0.1) is 0 Å². The average molecular weight is 623 g/mol. The van der Waals surface area contributed by atoms with Gasteiger partial charge in [0.05, 0.1) is 32.3 Å². The molecule has 3 aromatic rings. The number of benzene rings is 2. The van der Waals surface area contributed by atoms with Gasteiger partial charge in [-0.3, -0.25) is 4.79 Å². The minimum Gasteiger partial charge on any atom is -0.502 e. The number of rotatable bonds is 8. The summed E-state index contributed by atoms with van der Waals surface area (Å²) < 4.78 is 38.7. The molecule has 3 heterocycles. The van der Waals surface area contributed by atoms with E-state index in [0.717, 1.165) is 0 Å². The summed E-state index contributed by atoms with van der Waals surface area (Å²) in [4.78, 5) is 13.1. The van der Waals surface area contributed by atoms with Gasteiger partial charge in [0, 0.05) is 11.6 Å². The van der Waals surface area contributed by atoms with Crippen LogP contribution in [0, 0.1) is 0 Å². The zero-order chi connectivity index (χ0) is 31.9. The van der Waals surface area contributed by atoms with Gasteiger partial charge in [-0.25, -0.2) is 0 Å². The molecule has 2 aliphatic heterocycles. The van der Waals surface area contributed by atoms with E-state index in [2.05, 4.69) is 0 Å². The number of aliphatic hydroxyl groups excluding tert-OH is 6. The van der Waals surface area contributed by atoms with Gasteiger partial charge in [-0.05, 0) is 37.3 Å². The molecule has 0 amide bonds. The highest BCUT2D eigenvalue weighted by Gasteiger charge is 2.50. The van der Waals surface area contributed by atoms with E-state index in [1.165, 1.54) is 33.3 Å². The third kappa shape index (κ3) is 5.81. The maximum Gasteiger partial charge on any atom is 0.229 e. The maximum atomic E-state index is 13.1. The fourth-order valence-corrected chi connectivity index (χ4v) is 5.14. The minimum atomic E-state index is -1.84. The summed E-state index contributed by atoms with van der Waals surface area (Å²) in [5.41, 5.74) is -0.208. The quantitative estimate of drug-likeness (QED) is 0.163. The van der Waals surface area contributed by atoms with Crippen molar-refractivity contribution < 1.29 is 68.6 Å². The average Bonchev–Trinajstić information content (AvgIpc) is 3.02.